The first-order valence-electron chi connectivity index (χ1n) is 7.33. The topological polar surface area (TPSA) is 33.1 Å². The van der Waals surface area contributed by atoms with Gasteiger partial charge in [0.1, 0.15) is 6.10 Å². The fraction of sp³-hybridized carbons (Fsp3) is 0.150. The largest absolute Gasteiger partial charge is 0.381 e. The molecule has 1 aromatic heterocycles. The molecule has 108 valence electrons. The first kappa shape index (κ1) is 14.3. The maximum atomic E-state index is 9.18. The van der Waals surface area contributed by atoms with Crippen LogP contribution < -0.4 is 0 Å². The lowest BCUT2D eigenvalue weighted by Gasteiger charge is -2.06. The number of nitrogens with zero attached hydrogens (tertiary/aromatic N) is 1. The van der Waals surface area contributed by atoms with E-state index < -0.39 is 6.10 Å². The maximum Gasteiger partial charge on any atom is 0.112 e. The third-order valence-electron chi connectivity index (χ3n) is 3.51. The summed E-state index contributed by atoms with van der Waals surface area (Å²) in [5.74, 6) is 5.70. The highest BCUT2D eigenvalue weighted by molar-refractivity contribution is 5.84. The van der Waals surface area contributed by atoms with Crippen LogP contribution in [0.15, 0.2) is 60.8 Å². The van der Waals surface area contributed by atoms with Gasteiger partial charge in [-0.1, -0.05) is 48.2 Å². The predicted molar refractivity (Wildman–Crippen MR) is 89.5 cm³/mol. The predicted octanol–water partition coefficient (Wildman–Crippen LogP) is 3.56. The standard InChI is InChI=1S/C20H17NO/c1-15(22)6-7-16-8-10-17(11-9-16)14-20-19-5-3-2-4-18(19)12-13-21-20/h2-5,8-13,15,22H,14H2,1H3. The Morgan fingerprint density at radius 1 is 1.05 bits per heavy atom. The van der Waals surface area contributed by atoms with Gasteiger partial charge in [0, 0.05) is 23.6 Å². The molecule has 2 aromatic carbocycles. The first-order valence-corrected chi connectivity index (χ1v) is 7.33. The minimum Gasteiger partial charge on any atom is -0.381 e. The van der Waals surface area contributed by atoms with Gasteiger partial charge in [-0.05, 0) is 36.1 Å². The van der Waals surface area contributed by atoms with Crippen LogP contribution in [0.25, 0.3) is 10.8 Å². The van der Waals surface area contributed by atoms with Crippen molar-refractivity contribution in [1.29, 1.82) is 0 Å². The Morgan fingerprint density at radius 2 is 1.82 bits per heavy atom. The van der Waals surface area contributed by atoms with Crippen molar-refractivity contribution in [3.05, 3.63) is 77.6 Å². The lowest BCUT2D eigenvalue weighted by Crippen LogP contribution is -1.94. The van der Waals surface area contributed by atoms with Gasteiger partial charge in [0.2, 0.25) is 0 Å². The van der Waals surface area contributed by atoms with Crippen molar-refractivity contribution in [3.63, 3.8) is 0 Å². The lowest BCUT2D eigenvalue weighted by molar-refractivity contribution is 0.253. The van der Waals surface area contributed by atoms with Crippen LogP contribution in [0.2, 0.25) is 0 Å². The molecule has 3 aromatic rings. The van der Waals surface area contributed by atoms with E-state index in [0.717, 1.165) is 17.7 Å². The van der Waals surface area contributed by atoms with E-state index >= 15 is 0 Å². The fourth-order valence-electron chi connectivity index (χ4n) is 2.41. The third-order valence-corrected chi connectivity index (χ3v) is 3.51. The number of hydrogen-bond donors (Lipinski definition) is 1. The highest BCUT2D eigenvalue weighted by atomic mass is 16.3. The molecule has 0 aliphatic rings. The van der Waals surface area contributed by atoms with Crippen LogP contribution in [0.4, 0.5) is 0 Å². The van der Waals surface area contributed by atoms with E-state index in [2.05, 4.69) is 41.1 Å². The minimum atomic E-state index is -0.598. The summed E-state index contributed by atoms with van der Waals surface area (Å²) >= 11 is 0. The van der Waals surface area contributed by atoms with Gasteiger partial charge in [0.25, 0.3) is 0 Å². The van der Waals surface area contributed by atoms with Crippen molar-refractivity contribution in [1.82, 2.24) is 4.98 Å². The zero-order chi connectivity index (χ0) is 15.4. The second-order valence-corrected chi connectivity index (χ2v) is 5.30. The van der Waals surface area contributed by atoms with Crippen molar-refractivity contribution in [2.24, 2.45) is 0 Å². The Labute approximate surface area is 130 Å². The van der Waals surface area contributed by atoms with Crippen molar-refractivity contribution < 1.29 is 5.11 Å². The number of pyridine rings is 1. The molecule has 0 bridgehead atoms. The number of rotatable bonds is 2. The third kappa shape index (κ3) is 3.33. The van der Waals surface area contributed by atoms with Crippen LogP contribution in [0, 0.1) is 11.8 Å². The second-order valence-electron chi connectivity index (χ2n) is 5.30. The van der Waals surface area contributed by atoms with Gasteiger partial charge in [-0.3, -0.25) is 4.98 Å². The summed E-state index contributed by atoms with van der Waals surface area (Å²) in [6.07, 6.45) is 2.06. The number of fused-ring (bicyclic) bond motifs is 1. The molecule has 0 spiro atoms. The van der Waals surface area contributed by atoms with Gasteiger partial charge in [0.15, 0.2) is 0 Å². The minimum absolute atomic E-state index is 0.598. The molecule has 1 heterocycles. The molecule has 1 unspecified atom stereocenters. The molecule has 1 N–H and O–H groups in total. The number of benzene rings is 2. The normalized spacial score (nSPS) is 11.7. The van der Waals surface area contributed by atoms with Gasteiger partial charge in [-0.25, -0.2) is 0 Å². The van der Waals surface area contributed by atoms with Crippen molar-refractivity contribution in [3.8, 4) is 11.8 Å². The quantitative estimate of drug-likeness (QED) is 0.731. The Morgan fingerprint density at radius 3 is 2.59 bits per heavy atom. The Hall–Kier alpha value is -2.63. The Bertz CT molecular complexity index is 833. The smallest absolute Gasteiger partial charge is 0.112 e. The van der Waals surface area contributed by atoms with E-state index in [1.807, 2.05) is 36.5 Å². The monoisotopic (exact) mass is 287 g/mol. The Kier molecular flexibility index (Phi) is 4.18. The van der Waals surface area contributed by atoms with E-state index in [-0.39, 0.29) is 0 Å². The number of aliphatic hydroxyl groups excluding tert-OH is 1. The van der Waals surface area contributed by atoms with Gasteiger partial charge in [-0.15, -0.1) is 0 Å². The molecule has 0 fully saturated rings. The SMILES string of the molecule is CC(O)C#Cc1ccc(Cc2nccc3ccccc23)cc1. The molecule has 2 nitrogen and oxygen atoms in total. The molecule has 0 amide bonds. The van der Waals surface area contributed by atoms with Gasteiger partial charge >= 0.3 is 0 Å². The highest BCUT2D eigenvalue weighted by Gasteiger charge is 2.03. The molecule has 1 atom stereocenters. The van der Waals surface area contributed by atoms with Crippen LogP contribution in [-0.2, 0) is 6.42 Å². The van der Waals surface area contributed by atoms with E-state index in [1.165, 1.54) is 16.3 Å². The molecule has 0 aliphatic carbocycles. The maximum absolute atomic E-state index is 9.18. The average Bonchev–Trinajstić information content (AvgIpc) is 2.54. The summed E-state index contributed by atoms with van der Waals surface area (Å²) in [6, 6.07) is 18.4. The lowest BCUT2D eigenvalue weighted by atomic mass is 10.0. The zero-order valence-electron chi connectivity index (χ0n) is 12.5. The molecule has 0 aliphatic heterocycles. The van der Waals surface area contributed by atoms with Crippen LogP contribution in [0.5, 0.6) is 0 Å². The highest BCUT2D eigenvalue weighted by Crippen LogP contribution is 2.19. The van der Waals surface area contributed by atoms with E-state index in [0.29, 0.717) is 0 Å². The van der Waals surface area contributed by atoms with E-state index in [1.54, 1.807) is 6.92 Å². The van der Waals surface area contributed by atoms with Crippen LogP contribution >= 0.6 is 0 Å². The number of aliphatic hydroxyl groups is 1. The molecule has 0 saturated carbocycles. The molecular weight excluding hydrogens is 270 g/mol. The number of hydrogen-bond acceptors (Lipinski definition) is 2. The van der Waals surface area contributed by atoms with E-state index in [4.69, 9.17) is 0 Å². The van der Waals surface area contributed by atoms with Crippen molar-refractivity contribution in [2.75, 3.05) is 0 Å². The summed E-state index contributed by atoms with van der Waals surface area (Å²) in [5, 5.41) is 11.6. The molecule has 0 saturated heterocycles. The molecule has 22 heavy (non-hydrogen) atoms. The summed E-state index contributed by atoms with van der Waals surface area (Å²) in [7, 11) is 0. The summed E-state index contributed by atoms with van der Waals surface area (Å²) < 4.78 is 0. The van der Waals surface area contributed by atoms with Gasteiger partial charge in [0.05, 0.1) is 5.69 Å². The van der Waals surface area contributed by atoms with E-state index in [9.17, 15) is 5.11 Å². The molecule has 2 heteroatoms. The van der Waals surface area contributed by atoms with Crippen LogP contribution in [0.3, 0.4) is 0 Å². The molecule has 3 rings (SSSR count). The second kappa shape index (κ2) is 6.43. The molecular formula is C20H17NO. The van der Waals surface area contributed by atoms with Gasteiger partial charge < -0.3 is 5.11 Å². The number of aromatic nitrogens is 1. The summed E-state index contributed by atoms with van der Waals surface area (Å²) in [4.78, 5) is 4.52. The van der Waals surface area contributed by atoms with Crippen LogP contribution in [-0.4, -0.2) is 16.2 Å². The first-order chi connectivity index (χ1) is 10.7. The van der Waals surface area contributed by atoms with Crippen LogP contribution in [0.1, 0.15) is 23.7 Å². The summed E-state index contributed by atoms with van der Waals surface area (Å²) in [6.45, 7) is 1.66. The summed E-state index contributed by atoms with van der Waals surface area (Å²) in [5.41, 5.74) is 3.20. The fourth-order valence-corrected chi connectivity index (χ4v) is 2.41. The Balaban J connectivity index is 1.85. The van der Waals surface area contributed by atoms with Crippen molar-refractivity contribution in [2.45, 2.75) is 19.4 Å². The zero-order valence-corrected chi connectivity index (χ0v) is 12.5. The molecule has 0 radical (unpaired) electrons. The van der Waals surface area contributed by atoms with Crippen molar-refractivity contribution >= 4 is 10.8 Å². The average molecular weight is 287 g/mol. The van der Waals surface area contributed by atoms with Gasteiger partial charge in [-0.2, -0.15) is 0 Å².